The molecule has 0 aromatic rings. The van der Waals surface area contributed by atoms with Crippen molar-refractivity contribution in [1.29, 1.82) is 0 Å². The molecule has 3 heteroatoms. The third-order valence-electron chi connectivity index (χ3n) is 4.65. The van der Waals surface area contributed by atoms with Gasteiger partial charge in [-0.15, -0.1) is 0 Å². The topological polar surface area (TPSA) is 20.2 Å². The summed E-state index contributed by atoms with van der Waals surface area (Å²) in [5.74, 6) is 0. The predicted molar refractivity (Wildman–Crippen MR) is 69.1 cm³/mol. The fourth-order valence-electron chi connectivity index (χ4n) is 2.41. The quantitative estimate of drug-likeness (QED) is 0.721. The van der Waals surface area contributed by atoms with Crippen LogP contribution in [0.4, 0.5) is 0 Å². The largest absolute Gasteiger partial charge is 0.393 e. The number of hydrogen-bond acceptors (Lipinski definition) is 1. The molecule has 14 heavy (non-hydrogen) atoms. The minimum atomic E-state index is -1.01. The monoisotopic (exact) mass is 230 g/mol. The van der Waals surface area contributed by atoms with Crippen LogP contribution in [0.2, 0.25) is 38.3 Å². The van der Waals surface area contributed by atoms with Gasteiger partial charge in [0.15, 0.2) is 0 Å². The van der Waals surface area contributed by atoms with Crippen molar-refractivity contribution >= 4 is 15.2 Å². The number of hydrogen-bond donors (Lipinski definition) is 1. The average Bonchev–Trinajstić information content (AvgIpc) is 2.03. The maximum atomic E-state index is 9.52. The van der Waals surface area contributed by atoms with E-state index in [0.29, 0.717) is 0 Å². The third-order valence-corrected chi connectivity index (χ3v) is 24.0. The normalized spacial score (nSPS) is 30.4. The SMILES string of the molecule is C[Si](C)(C)[Si](C)(C)C1CCC(O)CC1. The van der Waals surface area contributed by atoms with Crippen molar-refractivity contribution < 1.29 is 5.11 Å². The van der Waals surface area contributed by atoms with Crippen molar-refractivity contribution in [3.05, 3.63) is 0 Å². The van der Waals surface area contributed by atoms with Gasteiger partial charge in [-0.05, 0) is 18.4 Å². The molecule has 0 radical (unpaired) electrons. The van der Waals surface area contributed by atoms with Gasteiger partial charge in [-0.25, -0.2) is 0 Å². The van der Waals surface area contributed by atoms with E-state index in [1.807, 2.05) is 0 Å². The molecule has 0 saturated heterocycles. The zero-order valence-electron chi connectivity index (χ0n) is 10.4. The molecule has 1 aliphatic carbocycles. The average molecular weight is 230 g/mol. The molecule has 1 fully saturated rings. The van der Waals surface area contributed by atoms with Crippen molar-refractivity contribution in [2.24, 2.45) is 0 Å². The number of aliphatic hydroxyl groups excluding tert-OH is 1. The van der Waals surface area contributed by atoms with Crippen LogP contribution < -0.4 is 0 Å². The van der Waals surface area contributed by atoms with Gasteiger partial charge in [0.2, 0.25) is 0 Å². The summed E-state index contributed by atoms with van der Waals surface area (Å²) in [5, 5.41) is 9.52. The molecule has 0 atom stereocenters. The number of aliphatic hydroxyl groups is 1. The highest BCUT2D eigenvalue weighted by molar-refractivity contribution is 7.40. The molecule has 1 nitrogen and oxygen atoms in total. The van der Waals surface area contributed by atoms with E-state index in [4.69, 9.17) is 0 Å². The molecule has 1 N–H and O–H groups in total. The lowest BCUT2D eigenvalue weighted by Crippen LogP contribution is -2.56. The van der Waals surface area contributed by atoms with Gasteiger partial charge >= 0.3 is 0 Å². The van der Waals surface area contributed by atoms with Gasteiger partial charge in [0.25, 0.3) is 0 Å². The maximum Gasteiger partial charge on any atom is 0.0540 e. The van der Waals surface area contributed by atoms with Gasteiger partial charge in [-0.3, -0.25) is 0 Å². The number of rotatable bonds is 2. The van der Waals surface area contributed by atoms with Crippen molar-refractivity contribution in [2.45, 2.75) is 70.1 Å². The molecule has 0 aromatic heterocycles. The van der Waals surface area contributed by atoms with Crippen LogP contribution in [0.5, 0.6) is 0 Å². The van der Waals surface area contributed by atoms with Gasteiger partial charge in [0.1, 0.15) is 0 Å². The molecular weight excluding hydrogens is 204 g/mol. The lowest BCUT2D eigenvalue weighted by Gasteiger charge is -2.44. The lowest BCUT2D eigenvalue weighted by atomic mass is 9.97. The molecule has 1 rings (SSSR count). The minimum Gasteiger partial charge on any atom is -0.393 e. The standard InChI is InChI=1S/C11H26OSi2/c1-13(2,3)14(4,5)11-8-6-10(12)7-9-11/h10-12H,6-9H2,1-5H3. The second-order valence-electron chi connectivity index (χ2n) is 6.48. The lowest BCUT2D eigenvalue weighted by molar-refractivity contribution is 0.129. The first kappa shape index (κ1) is 12.5. The Balaban J connectivity index is 2.65. The summed E-state index contributed by atoms with van der Waals surface area (Å²) >= 11 is 0. The first-order valence-electron chi connectivity index (χ1n) is 5.93. The summed E-state index contributed by atoms with van der Waals surface area (Å²) in [7, 11) is -1.94. The second-order valence-corrected chi connectivity index (χ2v) is 23.6. The summed E-state index contributed by atoms with van der Waals surface area (Å²) < 4.78 is 0. The van der Waals surface area contributed by atoms with Crippen molar-refractivity contribution in [3.8, 4) is 0 Å². The molecule has 0 aromatic carbocycles. The van der Waals surface area contributed by atoms with E-state index < -0.39 is 15.2 Å². The van der Waals surface area contributed by atoms with Crippen LogP contribution in [0.3, 0.4) is 0 Å². The Kier molecular flexibility index (Phi) is 3.65. The first-order valence-corrected chi connectivity index (χ1v) is 13.5. The molecule has 0 bridgehead atoms. The van der Waals surface area contributed by atoms with E-state index >= 15 is 0 Å². The highest BCUT2D eigenvalue weighted by atomic mass is 29.3. The molecule has 0 aliphatic heterocycles. The Hall–Kier alpha value is 0.394. The Morgan fingerprint density at radius 1 is 0.857 bits per heavy atom. The Bertz CT molecular complexity index is 188. The highest BCUT2D eigenvalue weighted by Gasteiger charge is 2.43. The van der Waals surface area contributed by atoms with Crippen molar-refractivity contribution in [3.63, 3.8) is 0 Å². The molecule has 1 saturated carbocycles. The predicted octanol–water partition coefficient (Wildman–Crippen LogP) is 3.42. The molecular formula is C11H26OSi2. The van der Waals surface area contributed by atoms with E-state index in [2.05, 4.69) is 32.7 Å². The summed E-state index contributed by atoms with van der Waals surface area (Å²) in [5.41, 5.74) is 0.984. The first-order chi connectivity index (χ1) is 6.25. The molecule has 0 unspecified atom stereocenters. The zero-order chi connectivity index (χ0) is 11.0. The van der Waals surface area contributed by atoms with Gasteiger partial charge < -0.3 is 5.11 Å². The van der Waals surface area contributed by atoms with Crippen LogP contribution in [0, 0.1) is 0 Å². The Morgan fingerprint density at radius 2 is 1.29 bits per heavy atom. The van der Waals surface area contributed by atoms with E-state index in [-0.39, 0.29) is 6.10 Å². The Morgan fingerprint density at radius 3 is 1.64 bits per heavy atom. The van der Waals surface area contributed by atoms with Crippen LogP contribution >= 0.6 is 0 Å². The van der Waals surface area contributed by atoms with Crippen LogP contribution in [0.15, 0.2) is 0 Å². The molecule has 1 aliphatic rings. The maximum absolute atomic E-state index is 9.52. The zero-order valence-corrected chi connectivity index (χ0v) is 12.4. The summed E-state index contributed by atoms with van der Waals surface area (Å²) in [6, 6.07) is 0. The fraction of sp³-hybridized carbons (Fsp3) is 1.00. The summed E-state index contributed by atoms with van der Waals surface area (Å²) in [6.45, 7) is 12.8. The second kappa shape index (κ2) is 4.10. The fourth-order valence-corrected chi connectivity index (χ4v) is 9.95. The van der Waals surface area contributed by atoms with E-state index in [9.17, 15) is 5.11 Å². The van der Waals surface area contributed by atoms with Gasteiger partial charge in [-0.2, -0.15) is 0 Å². The van der Waals surface area contributed by atoms with E-state index in [0.717, 1.165) is 18.4 Å². The summed E-state index contributed by atoms with van der Waals surface area (Å²) in [4.78, 5) is 0. The van der Waals surface area contributed by atoms with Crippen molar-refractivity contribution in [2.75, 3.05) is 0 Å². The van der Waals surface area contributed by atoms with Crippen LogP contribution in [0.1, 0.15) is 25.7 Å². The third kappa shape index (κ3) is 2.50. The summed E-state index contributed by atoms with van der Waals surface area (Å²) in [6.07, 6.45) is 4.73. The van der Waals surface area contributed by atoms with Crippen LogP contribution in [-0.2, 0) is 0 Å². The van der Waals surface area contributed by atoms with E-state index in [1.165, 1.54) is 12.8 Å². The van der Waals surface area contributed by atoms with Crippen LogP contribution in [0.25, 0.3) is 0 Å². The van der Waals surface area contributed by atoms with Gasteiger partial charge in [0.05, 0.1) is 6.10 Å². The highest BCUT2D eigenvalue weighted by Crippen LogP contribution is 2.41. The molecule has 0 amide bonds. The molecule has 0 heterocycles. The van der Waals surface area contributed by atoms with Crippen molar-refractivity contribution in [1.82, 2.24) is 0 Å². The molecule has 84 valence electrons. The van der Waals surface area contributed by atoms with E-state index in [1.54, 1.807) is 0 Å². The molecule has 0 spiro atoms. The van der Waals surface area contributed by atoms with Gasteiger partial charge in [0, 0.05) is 15.2 Å². The van der Waals surface area contributed by atoms with Gasteiger partial charge in [-0.1, -0.05) is 45.6 Å². The van der Waals surface area contributed by atoms with Crippen LogP contribution in [-0.4, -0.2) is 26.4 Å². The minimum absolute atomic E-state index is 0.0117. The smallest absolute Gasteiger partial charge is 0.0540 e. The Labute approximate surface area is 90.7 Å².